The summed E-state index contributed by atoms with van der Waals surface area (Å²) >= 11 is 5.87. The molecule has 0 amide bonds. The number of hydrogen-bond acceptors (Lipinski definition) is 6. The van der Waals surface area contributed by atoms with Crippen LogP contribution in [0.2, 0.25) is 5.02 Å². The first-order chi connectivity index (χ1) is 8.74. The molecule has 0 fully saturated rings. The Hall–Kier alpha value is -1.24. The lowest BCUT2D eigenvalue weighted by molar-refractivity contribution is 0.174. The van der Waals surface area contributed by atoms with E-state index in [1.807, 2.05) is 18.2 Å². The number of rotatable bonds is 3. The number of halogens is 1. The summed E-state index contributed by atoms with van der Waals surface area (Å²) in [5.74, 6) is 1.51. The van der Waals surface area contributed by atoms with Crippen molar-refractivity contribution < 1.29 is 9.47 Å². The zero-order valence-electron chi connectivity index (χ0n) is 9.07. The molecule has 0 radical (unpaired) electrons. The summed E-state index contributed by atoms with van der Waals surface area (Å²) in [7, 11) is 2.48. The number of nitrogens with one attached hydrogen (secondary N) is 1. The van der Waals surface area contributed by atoms with E-state index < -0.39 is 0 Å². The van der Waals surface area contributed by atoms with E-state index in [4.69, 9.17) is 21.1 Å². The molecule has 94 valence electrons. The minimum absolute atomic E-state index is 0.102. The standard InChI is InChI=1S/C11H8ClNO3S2/c12-9-10(17-18-11(9)14)13-4-6-1-2-7-8(3-6)16-5-15-7/h1-3,13H,4-5H2. The minimum Gasteiger partial charge on any atom is -0.454 e. The maximum absolute atomic E-state index is 11.2. The van der Waals surface area contributed by atoms with Crippen molar-refractivity contribution >= 4 is 37.3 Å². The van der Waals surface area contributed by atoms with E-state index in [9.17, 15) is 4.79 Å². The van der Waals surface area contributed by atoms with E-state index in [2.05, 4.69) is 5.32 Å². The van der Waals surface area contributed by atoms with Gasteiger partial charge in [-0.3, -0.25) is 4.79 Å². The van der Waals surface area contributed by atoms with Gasteiger partial charge in [-0.25, -0.2) is 0 Å². The van der Waals surface area contributed by atoms with Gasteiger partial charge in [-0.2, -0.15) is 0 Å². The predicted molar refractivity (Wildman–Crippen MR) is 73.4 cm³/mol. The topological polar surface area (TPSA) is 47.6 Å². The molecule has 18 heavy (non-hydrogen) atoms. The molecule has 0 unspecified atom stereocenters. The van der Waals surface area contributed by atoms with Gasteiger partial charge in [-0.1, -0.05) is 28.0 Å². The molecule has 1 aromatic carbocycles. The molecule has 1 aromatic heterocycles. The first-order valence-corrected chi connectivity index (χ1v) is 7.68. The van der Waals surface area contributed by atoms with Crippen molar-refractivity contribution in [2.75, 3.05) is 12.1 Å². The quantitative estimate of drug-likeness (QED) is 0.885. The van der Waals surface area contributed by atoms with E-state index in [0.29, 0.717) is 11.5 Å². The van der Waals surface area contributed by atoms with Crippen molar-refractivity contribution in [1.29, 1.82) is 0 Å². The van der Waals surface area contributed by atoms with Crippen LogP contribution in [0.25, 0.3) is 0 Å². The summed E-state index contributed by atoms with van der Waals surface area (Å²) in [6, 6.07) is 5.74. The fraction of sp³-hybridized carbons (Fsp3) is 0.182. The SMILES string of the molecule is O=c1ssc(NCc2ccc3c(c2)OCO3)c1Cl. The lowest BCUT2D eigenvalue weighted by Gasteiger charge is -2.05. The number of ether oxygens (including phenoxy) is 2. The van der Waals surface area contributed by atoms with Crippen LogP contribution in [-0.2, 0) is 6.54 Å². The van der Waals surface area contributed by atoms with Gasteiger partial charge in [0.25, 0.3) is 4.74 Å². The highest BCUT2D eigenvalue weighted by Crippen LogP contribution is 2.33. The van der Waals surface area contributed by atoms with Crippen molar-refractivity contribution in [1.82, 2.24) is 0 Å². The molecule has 1 N–H and O–H groups in total. The van der Waals surface area contributed by atoms with Crippen molar-refractivity contribution in [3.63, 3.8) is 0 Å². The highest BCUT2D eigenvalue weighted by atomic mass is 35.5. The van der Waals surface area contributed by atoms with Gasteiger partial charge in [0.2, 0.25) is 6.79 Å². The van der Waals surface area contributed by atoms with Crippen LogP contribution < -0.4 is 19.5 Å². The highest BCUT2D eigenvalue weighted by Gasteiger charge is 2.13. The first-order valence-electron chi connectivity index (χ1n) is 5.15. The summed E-state index contributed by atoms with van der Waals surface area (Å²) < 4.78 is 10.4. The zero-order valence-corrected chi connectivity index (χ0v) is 11.5. The molecular weight excluding hydrogens is 294 g/mol. The van der Waals surface area contributed by atoms with E-state index >= 15 is 0 Å². The van der Waals surface area contributed by atoms with Gasteiger partial charge >= 0.3 is 0 Å². The van der Waals surface area contributed by atoms with Crippen LogP contribution in [0.5, 0.6) is 11.5 Å². The second-order valence-electron chi connectivity index (χ2n) is 3.64. The molecule has 2 aromatic rings. The lowest BCUT2D eigenvalue weighted by Crippen LogP contribution is -1.99. The van der Waals surface area contributed by atoms with E-state index in [0.717, 1.165) is 27.4 Å². The lowest BCUT2D eigenvalue weighted by atomic mass is 10.2. The monoisotopic (exact) mass is 301 g/mol. The Morgan fingerprint density at radius 3 is 2.89 bits per heavy atom. The van der Waals surface area contributed by atoms with Crippen molar-refractivity contribution in [3.05, 3.63) is 38.3 Å². The maximum Gasteiger partial charge on any atom is 0.263 e. The second-order valence-corrected chi connectivity index (χ2v) is 6.13. The zero-order chi connectivity index (χ0) is 12.5. The molecule has 7 heteroatoms. The van der Waals surface area contributed by atoms with Crippen LogP contribution in [0.3, 0.4) is 0 Å². The largest absolute Gasteiger partial charge is 0.454 e. The Labute approximate surface area is 115 Å². The average molecular weight is 302 g/mol. The van der Waals surface area contributed by atoms with Crippen LogP contribution in [0.1, 0.15) is 5.56 Å². The van der Waals surface area contributed by atoms with Gasteiger partial charge in [0.1, 0.15) is 10.0 Å². The summed E-state index contributed by atoms with van der Waals surface area (Å²) in [6.45, 7) is 0.854. The van der Waals surface area contributed by atoms with Crippen molar-refractivity contribution in [2.24, 2.45) is 0 Å². The molecule has 4 nitrogen and oxygen atoms in total. The maximum atomic E-state index is 11.2. The van der Waals surface area contributed by atoms with Gasteiger partial charge in [-0.15, -0.1) is 0 Å². The summed E-state index contributed by atoms with van der Waals surface area (Å²) in [4.78, 5) is 11.2. The molecule has 0 atom stereocenters. The molecule has 0 saturated heterocycles. The Morgan fingerprint density at radius 1 is 1.28 bits per heavy atom. The Morgan fingerprint density at radius 2 is 2.11 bits per heavy atom. The summed E-state index contributed by atoms with van der Waals surface area (Å²) in [5.41, 5.74) is 1.04. The van der Waals surface area contributed by atoms with E-state index in [1.54, 1.807) is 0 Å². The molecule has 0 saturated carbocycles. The minimum atomic E-state index is -0.102. The molecule has 1 aliphatic rings. The molecular formula is C11H8ClNO3S2. The van der Waals surface area contributed by atoms with Crippen LogP contribution in [0, 0.1) is 0 Å². The number of anilines is 1. The van der Waals surface area contributed by atoms with Gasteiger partial charge in [0.05, 0.1) is 0 Å². The number of benzene rings is 1. The average Bonchev–Trinajstić information content (AvgIpc) is 2.96. The predicted octanol–water partition coefficient (Wildman–Crippen LogP) is 3.16. The fourth-order valence-electron chi connectivity index (χ4n) is 1.59. The van der Waals surface area contributed by atoms with Crippen LogP contribution >= 0.6 is 32.3 Å². The fourth-order valence-corrected chi connectivity index (χ4v) is 4.01. The Bertz CT molecular complexity index is 637. The van der Waals surface area contributed by atoms with Gasteiger partial charge < -0.3 is 14.8 Å². The molecule has 3 rings (SSSR count). The van der Waals surface area contributed by atoms with E-state index in [-0.39, 0.29) is 16.6 Å². The van der Waals surface area contributed by atoms with Crippen LogP contribution in [0.4, 0.5) is 5.00 Å². The molecule has 0 bridgehead atoms. The molecule has 1 aliphatic heterocycles. The van der Waals surface area contributed by atoms with Gasteiger partial charge in [0.15, 0.2) is 11.5 Å². The Kier molecular flexibility index (Phi) is 3.15. The first kappa shape index (κ1) is 11.8. The van der Waals surface area contributed by atoms with Crippen LogP contribution in [-0.4, -0.2) is 6.79 Å². The van der Waals surface area contributed by atoms with Crippen molar-refractivity contribution in [3.8, 4) is 11.5 Å². The van der Waals surface area contributed by atoms with Crippen LogP contribution in [0.15, 0.2) is 23.0 Å². The normalized spacial score (nSPS) is 12.7. The number of fused-ring (bicyclic) bond motifs is 1. The summed E-state index contributed by atoms with van der Waals surface area (Å²) in [5, 5.41) is 4.12. The number of hydrogen-bond donors (Lipinski definition) is 1. The third kappa shape index (κ3) is 2.19. The molecule has 2 heterocycles. The molecule has 0 spiro atoms. The van der Waals surface area contributed by atoms with Gasteiger partial charge in [0, 0.05) is 6.54 Å². The highest BCUT2D eigenvalue weighted by molar-refractivity contribution is 7.70. The smallest absolute Gasteiger partial charge is 0.263 e. The second kappa shape index (κ2) is 4.79. The van der Waals surface area contributed by atoms with Crippen molar-refractivity contribution in [2.45, 2.75) is 6.54 Å². The third-order valence-corrected chi connectivity index (χ3v) is 5.21. The Balaban J connectivity index is 1.74. The van der Waals surface area contributed by atoms with Gasteiger partial charge in [-0.05, 0) is 28.0 Å². The molecule has 0 aliphatic carbocycles. The summed E-state index contributed by atoms with van der Waals surface area (Å²) in [6.07, 6.45) is 0. The third-order valence-electron chi connectivity index (χ3n) is 2.47. The van der Waals surface area contributed by atoms with E-state index in [1.165, 1.54) is 10.3 Å².